The molecule has 3 aliphatic heterocycles. The molecule has 1 aromatic carbocycles. The molecule has 0 saturated carbocycles. The number of hydrogen-bond donors (Lipinski definition) is 1. The van der Waals surface area contributed by atoms with Crippen LogP contribution >= 0.6 is 0 Å². The van der Waals surface area contributed by atoms with Crippen molar-refractivity contribution in [3.05, 3.63) is 17.7 Å². The van der Waals surface area contributed by atoms with Crippen LogP contribution in [0.2, 0.25) is 3.43 Å². The fraction of sp³-hybridized carbons (Fsp3) is 0.771. The summed E-state index contributed by atoms with van der Waals surface area (Å²) in [7, 11) is 0. The minimum atomic E-state index is -1.75. The third-order valence-electron chi connectivity index (χ3n) is 10.5. The Morgan fingerprint density at radius 2 is 1.69 bits per heavy atom. The zero-order valence-corrected chi connectivity index (χ0v) is 30.7. The van der Waals surface area contributed by atoms with Gasteiger partial charge < -0.3 is 0 Å². The summed E-state index contributed by atoms with van der Waals surface area (Å²) in [5.74, 6) is -0.647. The summed E-state index contributed by atoms with van der Waals surface area (Å²) in [6, 6.07) is 1.49. The molecule has 3 saturated heterocycles. The molecule has 0 amide bonds. The first-order chi connectivity index (χ1) is 21.5. The Bertz CT molecular complexity index is 1290. The third-order valence-corrected chi connectivity index (χ3v) is 16.1. The second-order valence-electron chi connectivity index (χ2n) is 14.4. The molecule has 0 spiro atoms. The number of piperidine rings is 1. The fourth-order valence-electron chi connectivity index (χ4n) is 8.00. The zero-order valence-electron chi connectivity index (χ0n) is 27.9. The van der Waals surface area contributed by atoms with Gasteiger partial charge >= 0.3 is 279 Å². The molecule has 2 radical (unpaired) electrons. The Balaban J connectivity index is 1.57. The Morgan fingerprint density at radius 3 is 2.33 bits per heavy atom. The van der Waals surface area contributed by atoms with Gasteiger partial charge in [0.15, 0.2) is 0 Å². The van der Waals surface area contributed by atoms with Crippen molar-refractivity contribution in [2.75, 3.05) is 37.7 Å². The van der Waals surface area contributed by atoms with Crippen molar-refractivity contribution in [1.29, 1.82) is 0 Å². The van der Waals surface area contributed by atoms with E-state index in [9.17, 15) is 9.50 Å². The summed E-state index contributed by atoms with van der Waals surface area (Å²) in [6.07, 6.45) is 12.2. The molecule has 1 aromatic heterocycles. The maximum atomic E-state index is 16.8. The van der Waals surface area contributed by atoms with Crippen LogP contribution in [0, 0.1) is 11.6 Å². The minimum absolute atomic E-state index is 0.00200. The van der Waals surface area contributed by atoms with Gasteiger partial charge in [0, 0.05) is 0 Å². The van der Waals surface area contributed by atoms with E-state index in [0.717, 1.165) is 83.6 Å². The summed E-state index contributed by atoms with van der Waals surface area (Å²) in [5, 5.41) is 11.2. The average Bonchev–Trinajstić information content (AvgIpc) is 3.53. The van der Waals surface area contributed by atoms with Crippen molar-refractivity contribution in [1.82, 2.24) is 14.9 Å². The van der Waals surface area contributed by atoms with Crippen molar-refractivity contribution < 1.29 is 23.0 Å². The Morgan fingerprint density at radius 1 is 1.02 bits per heavy atom. The van der Waals surface area contributed by atoms with E-state index < -0.39 is 50.1 Å². The van der Waals surface area contributed by atoms with Crippen LogP contribution in [0.4, 0.5) is 19.0 Å². The van der Waals surface area contributed by atoms with Gasteiger partial charge in [-0.15, -0.1) is 0 Å². The molecule has 3 atom stereocenters. The molecule has 0 bridgehead atoms. The first kappa shape index (κ1) is 35.0. The van der Waals surface area contributed by atoms with Crippen LogP contribution in [0.3, 0.4) is 0 Å². The quantitative estimate of drug-likeness (QED) is 0.194. The number of nitrogens with zero attached hydrogens (tertiary/aromatic N) is 4. The molecule has 250 valence electrons. The van der Waals surface area contributed by atoms with Gasteiger partial charge in [0.05, 0.1) is 0 Å². The molecular formula is C35H53F3N4O2Sn. The number of halogens is 3. The standard InChI is InChI=1S/C22H26F3N4O2.C13H27.Sn/c1-21(30)4-2-6-28(12-21)19-16-8-14(23)9-17(25)18(16)26-20(27-19)31-13-22-5-3-7-29(22)11-15(24)10-22;1-4-7-10-13(11-8-5-2)12-9-6-3;/h8,15,30H,2-7,10-13H2,1H3;4-12H2,1-3H3;/t15-,21-,22+;;/m1../s1. The van der Waals surface area contributed by atoms with E-state index in [1.807, 2.05) is 4.90 Å². The first-order valence-electron chi connectivity index (χ1n) is 17.5. The number of alkyl halides is 1. The van der Waals surface area contributed by atoms with Crippen molar-refractivity contribution in [2.24, 2.45) is 0 Å². The second-order valence-corrected chi connectivity index (χ2v) is 19.5. The number of anilines is 1. The fourth-order valence-corrected chi connectivity index (χ4v) is 13.3. The second kappa shape index (κ2) is 14.8. The van der Waals surface area contributed by atoms with Crippen molar-refractivity contribution in [2.45, 2.75) is 138 Å². The number of benzene rings is 1. The van der Waals surface area contributed by atoms with E-state index in [2.05, 4.69) is 30.7 Å². The van der Waals surface area contributed by atoms with Crippen LogP contribution in [0.25, 0.3) is 10.9 Å². The number of aliphatic hydroxyl groups is 1. The Hall–Kier alpha value is -1.33. The van der Waals surface area contributed by atoms with Crippen LogP contribution in [-0.2, 0) is 0 Å². The van der Waals surface area contributed by atoms with E-state index in [1.165, 1.54) is 6.07 Å². The van der Waals surface area contributed by atoms with Gasteiger partial charge in [-0.2, -0.15) is 0 Å². The molecule has 1 N–H and O–H groups in total. The third kappa shape index (κ3) is 7.87. The number of hydrogen-bond acceptors (Lipinski definition) is 6. The van der Waals surface area contributed by atoms with Crippen molar-refractivity contribution in [3.8, 4) is 6.01 Å². The number of unbranched alkanes of at least 4 members (excludes halogenated alkanes) is 3. The summed E-state index contributed by atoms with van der Waals surface area (Å²) in [5.41, 5.74) is -1.24. The zero-order chi connectivity index (χ0) is 32.2. The molecule has 0 unspecified atom stereocenters. The van der Waals surface area contributed by atoms with Crippen LogP contribution < -0.4 is 13.2 Å². The van der Waals surface area contributed by atoms with Crippen molar-refractivity contribution >= 4 is 41.4 Å². The molecule has 3 fully saturated rings. The van der Waals surface area contributed by atoms with E-state index in [-0.39, 0.29) is 25.1 Å². The molecule has 0 aliphatic carbocycles. The SMILES string of the molecule is CCCC[C](CCCC)(CCCC)[Sn][c]1c(F)cc2c(N3CCC[C@@](C)(O)C3)nc(OC[C@@]34CCCN3C[C@H](F)C4)nc2c1F. The summed E-state index contributed by atoms with van der Waals surface area (Å²) in [4.78, 5) is 13.5. The van der Waals surface area contributed by atoms with Crippen LogP contribution in [0.15, 0.2) is 6.07 Å². The van der Waals surface area contributed by atoms with Gasteiger partial charge in [-0.1, -0.05) is 0 Å². The van der Waals surface area contributed by atoms with Gasteiger partial charge in [0.1, 0.15) is 0 Å². The summed E-state index contributed by atoms with van der Waals surface area (Å²) < 4.78 is 54.1. The van der Waals surface area contributed by atoms with Gasteiger partial charge in [0.2, 0.25) is 0 Å². The van der Waals surface area contributed by atoms with Gasteiger partial charge in [-0.25, -0.2) is 0 Å². The summed E-state index contributed by atoms with van der Waals surface area (Å²) >= 11 is -1.75. The van der Waals surface area contributed by atoms with Crippen LogP contribution in [-0.4, -0.2) is 91.2 Å². The molecule has 45 heavy (non-hydrogen) atoms. The van der Waals surface area contributed by atoms with Gasteiger partial charge in [0.25, 0.3) is 0 Å². The number of β-amino-alcohol motifs (C(OH)–C–C–N with tert-alkyl or cyclic N) is 1. The molecule has 4 heterocycles. The van der Waals surface area contributed by atoms with Gasteiger partial charge in [-0.05, 0) is 0 Å². The summed E-state index contributed by atoms with van der Waals surface area (Å²) in [6.45, 7) is 10.8. The average molecular weight is 738 g/mol. The molecule has 6 nitrogen and oxygen atoms in total. The monoisotopic (exact) mass is 738 g/mol. The molecule has 3 aliphatic rings. The molecular weight excluding hydrogens is 684 g/mol. The number of fused-ring (bicyclic) bond motifs is 2. The number of ether oxygens (including phenoxy) is 1. The predicted octanol–water partition coefficient (Wildman–Crippen LogP) is 7.27. The number of aromatic nitrogens is 2. The predicted molar refractivity (Wildman–Crippen MR) is 177 cm³/mol. The normalized spacial score (nSPS) is 25.8. The maximum absolute atomic E-state index is 16.8. The molecule has 2 aromatic rings. The van der Waals surface area contributed by atoms with Gasteiger partial charge in [-0.3, -0.25) is 0 Å². The molecule has 10 heteroatoms. The van der Waals surface area contributed by atoms with E-state index >= 15 is 8.78 Å². The van der Waals surface area contributed by atoms with E-state index in [4.69, 9.17) is 9.72 Å². The topological polar surface area (TPSA) is 61.7 Å². The first-order valence-corrected chi connectivity index (χ1v) is 20.4. The Kier molecular flexibility index (Phi) is 11.5. The van der Waals surface area contributed by atoms with Crippen LogP contribution in [0.1, 0.15) is 118 Å². The van der Waals surface area contributed by atoms with Crippen molar-refractivity contribution in [3.63, 3.8) is 0 Å². The van der Waals surface area contributed by atoms with Crippen LogP contribution in [0.5, 0.6) is 6.01 Å². The van der Waals surface area contributed by atoms with E-state index in [0.29, 0.717) is 43.7 Å². The molecule has 5 rings (SSSR count). The number of rotatable bonds is 15. The Labute approximate surface area is 278 Å². The van der Waals surface area contributed by atoms with E-state index in [1.54, 1.807) is 6.92 Å².